The fourth-order valence-electron chi connectivity index (χ4n) is 1.05. The number of pyridine rings is 1. The molecule has 0 bridgehead atoms. The van der Waals surface area contributed by atoms with Gasteiger partial charge in [-0.05, 0) is 29.6 Å². The fraction of sp³-hybridized carbons (Fsp3) is 0.400. The number of nitrogens with zero attached hydrogens (tertiary/aromatic N) is 4. The molecule has 0 saturated heterocycles. The van der Waals surface area contributed by atoms with Crippen molar-refractivity contribution in [1.82, 2.24) is 9.29 Å². The Morgan fingerprint density at radius 3 is 2.88 bits per heavy atom. The van der Waals surface area contributed by atoms with Crippen molar-refractivity contribution in [2.24, 2.45) is 4.36 Å². The van der Waals surface area contributed by atoms with Crippen molar-refractivity contribution in [2.75, 3.05) is 13.6 Å². The lowest BCUT2D eigenvalue weighted by Crippen LogP contribution is -2.21. The summed E-state index contributed by atoms with van der Waals surface area (Å²) in [5.74, 6) is 0.696. The molecule has 0 aliphatic carbocycles. The maximum atomic E-state index is 8.63. The van der Waals surface area contributed by atoms with Crippen LogP contribution < -0.4 is 0 Å². The Labute approximate surface area is 103 Å². The lowest BCUT2D eigenvalue weighted by molar-refractivity contribution is 0.593. The smallest absolute Gasteiger partial charge is 0.213 e. The van der Waals surface area contributed by atoms with Gasteiger partial charge in [-0.3, -0.25) is 0 Å². The van der Waals surface area contributed by atoms with Gasteiger partial charge in [0.15, 0.2) is 0 Å². The van der Waals surface area contributed by atoms with Crippen LogP contribution in [0.1, 0.15) is 12.5 Å². The third-order valence-electron chi connectivity index (χ3n) is 2.04. The van der Waals surface area contributed by atoms with E-state index in [1.807, 2.05) is 30.5 Å². The maximum Gasteiger partial charge on any atom is 0.213 e. The Balaban J connectivity index is 2.81. The van der Waals surface area contributed by atoms with E-state index < -0.39 is 10.9 Å². The molecule has 1 aromatic rings. The molecule has 1 unspecified atom stereocenters. The van der Waals surface area contributed by atoms with E-state index in [2.05, 4.69) is 9.35 Å². The lowest BCUT2D eigenvalue weighted by atomic mass is 10.3. The van der Waals surface area contributed by atoms with E-state index in [1.54, 1.807) is 12.3 Å². The Hall–Kier alpha value is -0.960. The minimum atomic E-state index is -0.413. The molecule has 0 radical (unpaired) electrons. The van der Waals surface area contributed by atoms with Gasteiger partial charge in [0.25, 0.3) is 0 Å². The molecule has 0 fully saturated rings. The summed E-state index contributed by atoms with van der Waals surface area (Å²) in [5, 5.41) is 9.11. The summed E-state index contributed by atoms with van der Waals surface area (Å²) in [6.07, 6.45) is 3.58. The third kappa shape index (κ3) is 3.89. The van der Waals surface area contributed by atoms with Crippen LogP contribution in [0.3, 0.4) is 0 Å². The number of hydrogen-bond acceptors (Lipinski definition) is 3. The van der Waals surface area contributed by atoms with Crippen molar-refractivity contribution in [1.29, 1.82) is 5.26 Å². The highest BCUT2D eigenvalue weighted by atomic mass is 35.5. The average Bonchev–Trinajstić information content (AvgIpc) is 2.30. The van der Waals surface area contributed by atoms with Crippen LogP contribution in [0.15, 0.2) is 22.7 Å². The minimum absolute atomic E-state index is 0.413. The van der Waals surface area contributed by atoms with Gasteiger partial charge in [0.2, 0.25) is 6.19 Å². The Morgan fingerprint density at radius 1 is 1.62 bits per heavy atom. The Bertz CT molecular complexity index is 410. The highest BCUT2D eigenvalue weighted by Crippen LogP contribution is 2.10. The summed E-state index contributed by atoms with van der Waals surface area (Å²) < 4.78 is 5.95. The fourth-order valence-corrected chi connectivity index (χ4v) is 2.45. The van der Waals surface area contributed by atoms with Gasteiger partial charge in [-0.15, -0.1) is 4.36 Å². The first kappa shape index (κ1) is 13.1. The van der Waals surface area contributed by atoms with Crippen molar-refractivity contribution in [3.05, 3.63) is 29.0 Å². The summed E-state index contributed by atoms with van der Waals surface area (Å²) in [6.45, 7) is 2.89. The molecule has 86 valence electrons. The molecule has 0 amide bonds. The average molecular weight is 257 g/mol. The van der Waals surface area contributed by atoms with E-state index in [0.29, 0.717) is 10.9 Å². The normalized spacial score (nSPS) is 12.7. The summed E-state index contributed by atoms with van der Waals surface area (Å²) in [5.41, 5.74) is 1.03. The highest BCUT2D eigenvalue weighted by molar-refractivity contribution is 7.84. The zero-order valence-electron chi connectivity index (χ0n) is 9.22. The van der Waals surface area contributed by atoms with E-state index in [4.69, 9.17) is 16.9 Å². The van der Waals surface area contributed by atoms with Gasteiger partial charge in [0.05, 0.1) is 0 Å². The monoisotopic (exact) mass is 256 g/mol. The quantitative estimate of drug-likeness (QED) is 0.614. The Morgan fingerprint density at radius 2 is 2.38 bits per heavy atom. The number of rotatable bonds is 4. The van der Waals surface area contributed by atoms with Gasteiger partial charge in [-0.1, -0.05) is 24.6 Å². The predicted octanol–water partition coefficient (Wildman–Crippen LogP) is 2.38. The van der Waals surface area contributed by atoms with E-state index in [9.17, 15) is 0 Å². The van der Waals surface area contributed by atoms with Crippen LogP contribution in [-0.4, -0.2) is 22.9 Å². The van der Waals surface area contributed by atoms with Gasteiger partial charge >= 0.3 is 0 Å². The maximum absolute atomic E-state index is 8.63. The minimum Gasteiger partial charge on any atom is -0.244 e. The van der Waals surface area contributed by atoms with Crippen molar-refractivity contribution >= 4 is 22.5 Å². The van der Waals surface area contributed by atoms with E-state index in [-0.39, 0.29) is 0 Å². The molecule has 0 aliphatic rings. The first-order valence-corrected chi connectivity index (χ1v) is 6.48. The van der Waals surface area contributed by atoms with Crippen LogP contribution in [0.4, 0.5) is 0 Å². The second kappa shape index (κ2) is 6.59. The highest BCUT2D eigenvalue weighted by Gasteiger charge is 2.05. The molecule has 1 aromatic heterocycles. The van der Waals surface area contributed by atoms with Crippen LogP contribution in [0.25, 0.3) is 0 Å². The number of hydrogen-bond donors (Lipinski definition) is 0. The predicted molar refractivity (Wildman–Crippen MR) is 66.7 cm³/mol. The van der Waals surface area contributed by atoms with Crippen LogP contribution in [0.2, 0.25) is 5.15 Å². The van der Waals surface area contributed by atoms with Crippen LogP contribution in [0.5, 0.6) is 0 Å². The van der Waals surface area contributed by atoms with E-state index in [1.165, 1.54) is 0 Å². The van der Waals surface area contributed by atoms with Crippen molar-refractivity contribution in [3.8, 4) is 6.19 Å². The molecule has 1 rings (SSSR count). The van der Waals surface area contributed by atoms with Gasteiger partial charge in [0, 0.05) is 18.5 Å². The molecular formula is C10H13ClN4S. The largest absolute Gasteiger partial charge is 0.244 e. The molecule has 1 atom stereocenters. The van der Waals surface area contributed by atoms with E-state index >= 15 is 0 Å². The first-order chi connectivity index (χ1) is 7.67. The standard InChI is InChI=1S/C10H13ClN4S/c1-3-15(2)16(14-8-12)7-9-4-5-10(11)13-6-9/h4-6H,3,7H2,1-2H3. The molecule has 1 heterocycles. The zero-order chi connectivity index (χ0) is 12.0. The van der Waals surface area contributed by atoms with Crippen molar-refractivity contribution < 1.29 is 0 Å². The summed E-state index contributed by atoms with van der Waals surface area (Å²) in [4.78, 5) is 4.00. The van der Waals surface area contributed by atoms with Crippen molar-refractivity contribution in [3.63, 3.8) is 0 Å². The third-order valence-corrected chi connectivity index (χ3v) is 4.12. The van der Waals surface area contributed by atoms with Gasteiger partial charge in [-0.25, -0.2) is 9.29 Å². The van der Waals surface area contributed by atoms with E-state index in [0.717, 1.165) is 12.1 Å². The second-order valence-electron chi connectivity index (χ2n) is 3.11. The number of aromatic nitrogens is 1. The molecule has 0 spiro atoms. The number of halogens is 1. The van der Waals surface area contributed by atoms with Gasteiger partial charge in [0.1, 0.15) is 5.15 Å². The van der Waals surface area contributed by atoms with Gasteiger partial charge in [-0.2, -0.15) is 5.26 Å². The van der Waals surface area contributed by atoms with Crippen LogP contribution in [-0.2, 0) is 16.6 Å². The van der Waals surface area contributed by atoms with Crippen LogP contribution in [0, 0.1) is 11.5 Å². The van der Waals surface area contributed by atoms with Gasteiger partial charge < -0.3 is 0 Å². The zero-order valence-corrected chi connectivity index (χ0v) is 10.8. The van der Waals surface area contributed by atoms with Crippen molar-refractivity contribution in [2.45, 2.75) is 12.7 Å². The Kier molecular flexibility index (Phi) is 5.39. The molecular weight excluding hydrogens is 244 g/mol. The molecule has 0 N–H and O–H groups in total. The molecule has 4 nitrogen and oxygen atoms in total. The number of nitriles is 1. The molecule has 16 heavy (non-hydrogen) atoms. The first-order valence-electron chi connectivity index (χ1n) is 4.80. The van der Waals surface area contributed by atoms with Crippen LogP contribution >= 0.6 is 11.6 Å². The topological polar surface area (TPSA) is 52.3 Å². The lowest BCUT2D eigenvalue weighted by Gasteiger charge is -2.16. The summed E-state index contributed by atoms with van der Waals surface area (Å²) >= 11 is 5.70. The molecule has 0 saturated carbocycles. The molecule has 0 aromatic carbocycles. The SMILES string of the molecule is CCN(C)S(Cc1ccc(Cl)nc1)=NC#N. The molecule has 6 heteroatoms. The summed E-state index contributed by atoms with van der Waals surface area (Å²) in [6, 6.07) is 3.66. The summed E-state index contributed by atoms with van der Waals surface area (Å²) in [7, 11) is 1.54. The second-order valence-corrected chi connectivity index (χ2v) is 5.27. The molecule has 0 aliphatic heterocycles.